The average Bonchev–Trinajstić information content (AvgIpc) is 2.41. The maximum Gasteiger partial charge on any atom is 0.411 e. The van der Waals surface area contributed by atoms with Gasteiger partial charge in [-0.2, -0.15) is 13.2 Å². The molecule has 0 spiro atoms. The zero-order valence-electron chi connectivity index (χ0n) is 11.8. The molecule has 0 bridgehead atoms. The first-order chi connectivity index (χ1) is 9.37. The van der Waals surface area contributed by atoms with Gasteiger partial charge in [0, 0.05) is 11.4 Å². The lowest BCUT2D eigenvalue weighted by atomic mass is 9.98. The molecule has 5 heteroatoms. The minimum Gasteiger partial charge on any atom is -0.372 e. The van der Waals surface area contributed by atoms with Crippen LogP contribution in [0.25, 0.3) is 0 Å². The Hall–Kier alpha value is -0.550. The lowest BCUT2D eigenvalue weighted by molar-refractivity contribution is -0.174. The lowest BCUT2D eigenvalue weighted by Crippen LogP contribution is -2.17. The summed E-state index contributed by atoms with van der Waals surface area (Å²) in [5.74, 6) is 0. The fourth-order valence-electron chi connectivity index (χ4n) is 2.06. The van der Waals surface area contributed by atoms with Crippen LogP contribution in [0.2, 0.25) is 0 Å². The maximum absolute atomic E-state index is 11.9. The predicted molar refractivity (Wildman–Crippen MR) is 78.4 cm³/mol. The van der Waals surface area contributed by atoms with Crippen molar-refractivity contribution in [3.05, 3.63) is 34.9 Å². The molecule has 114 valence electrons. The Kier molecular flexibility index (Phi) is 7.03. The first-order valence-corrected chi connectivity index (χ1v) is 7.69. The SMILES string of the molecule is CCc1ccc(C(Br)CCOCC(F)(F)F)cc1CC. The van der Waals surface area contributed by atoms with Crippen LogP contribution in [0.4, 0.5) is 13.2 Å². The molecular weight excluding hydrogens is 333 g/mol. The minimum absolute atomic E-state index is 0.0203. The first kappa shape index (κ1) is 17.5. The van der Waals surface area contributed by atoms with Gasteiger partial charge < -0.3 is 4.74 Å². The zero-order chi connectivity index (χ0) is 15.2. The van der Waals surface area contributed by atoms with Gasteiger partial charge in [-0.1, -0.05) is 48.0 Å². The van der Waals surface area contributed by atoms with Gasteiger partial charge in [-0.3, -0.25) is 0 Å². The molecule has 0 radical (unpaired) electrons. The summed E-state index contributed by atoms with van der Waals surface area (Å²) in [5.41, 5.74) is 3.71. The molecule has 0 saturated carbocycles. The molecule has 1 aromatic carbocycles. The number of rotatable bonds is 7. The van der Waals surface area contributed by atoms with Gasteiger partial charge in [0.05, 0.1) is 0 Å². The van der Waals surface area contributed by atoms with Crippen LogP contribution in [-0.4, -0.2) is 19.4 Å². The number of hydrogen-bond donors (Lipinski definition) is 0. The molecule has 1 unspecified atom stereocenters. The van der Waals surface area contributed by atoms with Crippen LogP contribution in [0.3, 0.4) is 0 Å². The van der Waals surface area contributed by atoms with E-state index in [1.54, 1.807) is 0 Å². The van der Waals surface area contributed by atoms with Crippen LogP contribution in [0.15, 0.2) is 18.2 Å². The highest BCUT2D eigenvalue weighted by Gasteiger charge is 2.27. The van der Waals surface area contributed by atoms with E-state index in [4.69, 9.17) is 0 Å². The second-order valence-electron chi connectivity index (χ2n) is 4.66. The molecule has 0 heterocycles. The average molecular weight is 353 g/mol. The number of halogens is 4. The van der Waals surface area contributed by atoms with Gasteiger partial charge >= 0.3 is 6.18 Å². The minimum atomic E-state index is -4.25. The molecule has 0 aliphatic carbocycles. The molecule has 0 amide bonds. The maximum atomic E-state index is 11.9. The van der Waals surface area contributed by atoms with E-state index in [1.165, 1.54) is 11.1 Å². The van der Waals surface area contributed by atoms with E-state index in [-0.39, 0.29) is 11.4 Å². The smallest absolute Gasteiger partial charge is 0.372 e. The molecule has 0 fully saturated rings. The summed E-state index contributed by atoms with van der Waals surface area (Å²) in [6, 6.07) is 6.25. The summed E-state index contributed by atoms with van der Waals surface area (Å²) in [4.78, 5) is 0.0203. The Bertz CT molecular complexity index is 418. The fraction of sp³-hybridized carbons (Fsp3) is 0.600. The van der Waals surface area contributed by atoms with Crippen LogP contribution < -0.4 is 0 Å². The van der Waals surface area contributed by atoms with E-state index < -0.39 is 12.8 Å². The van der Waals surface area contributed by atoms with Crippen molar-refractivity contribution < 1.29 is 17.9 Å². The first-order valence-electron chi connectivity index (χ1n) is 6.77. The van der Waals surface area contributed by atoms with E-state index in [0.29, 0.717) is 6.42 Å². The summed E-state index contributed by atoms with van der Waals surface area (Å²) in [5, 5.41) is 0. The molecule has 1 atom stereocenters. The van der Waals surface area contributed by atoms with Gasteiger partial charge in [-0.15, -0.1) is 0 Å². The number of aryl methyl sites for hydroxylation is 2. The van der Waals surface area contributed by atoms with Crippen LogP contribution >= 0.6 is 15.9 Å². The van der Waals surface area contributed by atoms with Gasteiger partial charge in [0.2, 0.25) is 0 Å². The Morgan fingerprint density at radius 1 is 1.15 bits per heavy atom. The van der Waals surface area contributed by atoms with Crippen molar-refractivity contribution >= 4 is 15.9 Å². The van der Waals surface area contributed by atoms with Gasteiger partial charge in [-0.25, -0.2) is 0 Å². The molecule has 20 heavy (non-hydrogen) atoms. The lowest BCUT2D eigenvalue weighted by Gasteiger charge is -2.14. The van der Waals surface area contributed by atoms with Gasteiger partial charge in [0.1, 0.15) is 6.61 Å². The van der Waals surface area contributed by atoms with E-state index >= 15 is 0 Å². The van der Waals surface area contributed by atoms with Gasteiger partial charge in [0.25, 0.3) is 0 Å². The van der Waals surface area contributed by atoms with Crippen LogP contribution in [0.1, 0.15) is 41.8 Å². The summed E-state index contributed by atoms with van der Waals surface area (Å²) in [7, 11) is 0. The van der Waals surface area contributed by atoms with Crippen molar-refractivity contribution in [3.63, 3.8) is 0 Å². The quantitative estimate of drug-likeness (QED) is 0.483. The highest BCUT2D eigenvalue weighted by Crippen LogP contribution is 2.28. The molecule has 1 rings (SSSR count). The van der Waals surface area contributed by atoms with E-state index in [2.05, 4.69) is 46.6 Å². The third-order valence-corrected chi connectivity index (χ3v) is 4.12. The number of alkyl halides is 4. The van der Waals surface area contributed by atoms with Crippen LogP contribution in [0.5, 0.6) is 0 Å². The summed E-state index contributed by atoms with van der Waals surface area (Å²) in [6.07, 6.45) is -1.78. The fourth-order valence-corrected chi connectivity index (χ4v) is 2.53. The molecule has 0 saturated heterocycles. The Labute approximate surface area is 126 Å². The van der Waals surface area contributed by atoms with Gasteiger partial charge in [-0.05, 0) is 36.0 Å². The van der Waals surface area contributed by atoms with E-state index in [0.717, 1.165) is 18.4 Å². The second kappa shape index (κ2) is 8.03. The molecule has 1 nitrogen and oxygen atoms in total. The summed E-state index contributed by atoms with van der Waals surface area (Å²) < 4.78 is 40.5. The van der Waals surface area contributed by atoms with Crippen molar-refractivity contribution in [1.29, 1.82) is 0 Å². The number of benzene rings is 1. The molecule has 0 aliphatic rings. The Morgan fingerprint density at radius 2 is 1.80 bits per heavy atom. The van der Waals surface area contributed by atoms with Crippen molar-refractivity contribution in [2.45, 2.75) is 44.1 Å². The van der Waals surface area contributed by atoms with Crippen molar-refractivity contribution in [2.75, 3.05) is 13.2 Å². The molecule has 0 N–H and O–H groups in total. The van der Waals surface area contributed by atoms with Crippen LogP contribution in [-0.2, 0) is 17.6 Å². The van der Waals surface area contributed by atoms with E-state index in [1.807, 2.05) is 6.07 Å². The highest BCUT2D eigenvalue weighted by atomic mass is 79.9. The third-order valence-electron chi connectivity index (χ3n) is 3.14. The van der Waals surface area contributed by atoms with Crippen molar-refractivity contribution in [3.8, 4) is 0 Å². The summed E-state index contributed by atoms with van der Waals surface area (Å²) in [6.45, 7) is 3.13. The molecule has 1 aromatic rings. The predicted octanol–water partition coefficient (Wildman–Crippen LogP) is 5.22. The summed E-state index contributed by atoms with van der Waals surface area (Å²) >= 11 is 3.52. The third kappa shape index (κ3) is 5.83. The van der Waals surface area contributed by atoms with Crippen LogP contribution in [0, 0.1) is 0 Å². The monoisotopic (exact) mass is 352 g/mol. The van der Waals surface area contributed by atoms with Crippen molar-refractivity contribution in [1.82, 2.24) is 0 Å². The zero-order valence-corrected chi connectivity index (χ0v) is 13.4. The Balaban J connectivity index is 2.53. The van der Waals surface area contributed by atoms with Crippen molar-refractivity contribution in [2.24, 2.45) is 0 Å². The number of ether oxygens (including phenoxy) is 1. The number of hydrogen-bond acceptors (Lipinski definition) is 1. The highest BCUT2D eigenvalue weighted by molar-refractivity contribution is 9.09. The standard InChI is InChI=1S/C15H20BrF3O/c1-3-11-5-6-13(9-12(11)4-2)14(16)7-8-20-10-15(17,18)19/h5-6,9,14H,3-4,7-8,10H2,1-2H3. The molecule has 0 aliphatic heterocycles. The second-order valence-corrected chi connectivity index (χ2v) is 5.76. The Morgan fingerprint density at radius 3 is 2.35 bits per heavy atom. The molecular formula is C15H20BrF3O. The topological polar surface area (TPSA) is 9.23 Å². The van der Waals surface area contributed by atoms with E-state index in [9.17, 15) is 13.2 Å². The molecule has 0 aromatic heterocycles. The normalized spacial score (nSPS) is 13.5. The van der Waals surface area contributed by atoms with Gasteiger partial charge in [0.15, 0.2) is 0 Å². The largest absolute Gasteiger partial charge is 0.411 e.